The van der Waals surface area contributed by atoms with Gasteiger partial charge in [0.15, 0.2) is 5.78 Å². The number of Topliss-reactive ketones (excluding diaryl/α,β-unsaturated/α-hetero) is 1. The SMILES string of the molecule is CCCCNC(=O)c1ccccc1NC(=O)CN(c1cccc(C(C)=O)c1)S(C)(=O)=O. The van der Waals surface area contributed by atoms with Gasteiger partial charge in [-0.15, -0.1) is 0 Å². The summed E-state index contributed by atoms with van der Waals surface area (Å²) in [5.41, 5.74) is 1.11. The second kappa shape index (κ2) is 10.7. The largest absolute Gasteiger partial charge is 0.352 e. The molecular weight excluding hydrogens is 418 g/mol. The minimum Gasteiger partial charge on any atom is -0.352 e. The van der Waals surface area contributed by atoms with Crippen molar-refractivity contribution in [3.8, 4) is 0 Å². The Morgan fingerprint density at radius 3 is 2.39 bits per heavy atom. The first-order chi connectivity index (χ1) is 14.6. The summed E-state index contributed by atoms with van der Waals surface area (Å²) < 4.78 is 25.6. The summed E-state index contributed by atoms with van der Waals surface area (Å²) in [5, 5.41) is 5.41. The van der Waals surface area contributed by atoms with E-state index in [9.17, 15) is 22.8 Å². The molecule has 0 aliphatic carbocycles. The van der Waals surface area contributed by atoms with E-state index in [1.807, 2.05) is 6.92 Å². The van der Waals surface area contributed by atoms with Crippen LogP contribution in [0.4, 0.5) is 11.4 Å². The molecular formula is C22H27N3O5S. The molecule has 0 aliphatic rings. The normalized spacial score (nSPS) is 10.9. The van der Waals surface area contributed by atoms with Gasteiger partial charge in [-0.1, -0.05) is 37.6 Å². The van der Waals surface area contributed by atoms with E-state index >= 15 is 0 Å². The highest BCUT2D eigenvalue weighted by Crippen LogP contribution is 2.20. The van der Waals surface area contributed by atoms with Gasteiger partial charge in [-0.3, -0.25) is 18.7 Å². The Morgan fingerprint density at radius 1 is 1.03 bits per heavy atom. The van der Waals surface area contributed by atoms with Crippen LogP contribution in [0.15, 0.2) is 48.5 Å². The van der Waals surface area contributed by atoms with Crippen LogP contribution in [0.25, 0.3) is 0 Å². The Morgan fingerprint density at radius 2 is 1.74 bits per heavy atom. The molecule has 9 heteroatoms. The van der Waals surface area contributed by atoms with Gasteiger partial charge < -0.3 is 10.6 Å². The van der Waals surface area contributed by atoms with E-state index in [2.05, 4.69) is 10.6 Å². The van der Waals surface area contributed by atoms with Crippen molar-refractivity contribution in [2.75, 3.05) is 29.0 Å². The molecule has 0 aromatic heterocycles. The van der Waals surface area contributed by atoms with Gasteiger partial charge >= 0.3 is 0 Å². The van der Waals surface area contributed by atoms with Crippen LogP contribution in [-0.4, -0.2) is 45.4 Å². The highest BCUT2D eigenvalue weighted by atomic mass is 32.2. The number of sulfonamides is 1. The van der Waals surface area contributed by atoms with Crippen molar-refractivity contribution in [1.29, 1.82) is 0 Å². The molecule has 0 bridgehead atoms. The second-order valence-corrected chi connectivity index (χ2v) is 8.99. The molecule has 31 heavy (non-hydrogen) atoms. The summed E-state index contributed by atoms with van der Waals surface area (Å²) in [6.07, 6.45) is 2.75. The molecule has 2 rings (SSSR count). The number of ketones is 1. The third-order valence-electron chi connectivity index (χ3n) is 4.49. The molecule has 2 aromatic rings. The Bertz CT molecular complexity index is 1070. The lowest BCUT2D eigenvalue weighted by Crippen LogP contribution is -2.38. The molecule has 0 atom stereocenters. The number of amides is 2. The van der Waals surface area contributed by atoms with Crippen molar-refractivity contribution >= 4 is 39.0 Å². The zero-order valence-corrected chi connectivity index (χ0v) is 18.7. The van der Waals surface area contributed by atoms with E-state index in [-0.39, 0.29) is 28.6 Å². The fourth-order valence-electron chi connectivity index (χ4n) is 2.86. The highest BCUT2D eigenvalue weighted by Gasteiger charge is 2.22. The summed E-state index contributed by atoms with van der Waals surface area (Å²) in [7, 11) is -3.81. The van der Waals surface area contributed by atoms with Crippen molar-refractivity contribution in [3.63, 3.8) is 0 Å². The monoisotopic (exact) mass is 445 g/mol. The fourth-order valence-corrected chi connectivity index (χ4v) is 3.71. The van der Waals surface area contributed by atoms with Crippen molar-refractivity contribution in [1.82, 2.24) is 5.32 Å². The summed E-state index contributed by atoms with van der Waals surface area (Å²) in [6.45, 7) is 3.40. The quantitative estimate of drug-likeness (QED) is 0.431. The Kier molecular flexibility index (Phi) is 8.32. The fraction of sp³-hybridized carbons (Fsp3) is 0.318. The molecule has 0 heterocycles. The molecule has 2 aromatic carbocycles. The molecule has 0 saturated heterocycles. The maximum Gasteiger partial charge on any atom is 0.253 e. The van der Waals surface area contributed by atoms with Crippen LogP contribution in [0.2, 0.25) is 0 Å². The van der Waals surface area contributed by atoms with Crippen molar-refractivity contribution in [3.05, 3.63) is 59.7 Å². The van der Waals surface area contributed by atoms with Crippen LogP contribution in [-0.2, 0) is 14.8 Å². The smallest absolute Gasteiger partial charge is 0.253 e. The van der Waals surface area contributed by atoms with Crippen molar-refractivity contribution in [2.24, 2.45) is 0 Å². The predicted octanol–water partition coefficient (Wildman–Crippen LogP) is 2.82. The first kappa shape index (κ1) is 24.1. The average molecular weight is 446 g/mol. The van der Waals surface area contributed by atoms with Crippen LogP contribution in [0.1, 0.15) is 47.4 Å². The van der Waals surface area contributed by atoms with Crippen LogP contribution in [0.3, 0.4) is 0 Å². The first-order valence-electron chi connectivity index (χ1n) is 9.89. The number of carbonyl (C=O) groups excluding carboxylic acids is 3. The number of nitrogens with one attached hydrogen (secondary N) is 2. The third-order valence-corrected chi connectivity index (χ3v) is 5.63. The van der Waals surface area contributed by atoms with Crippen molar-refractivity contribution in [2.45, 2.75) is 26.7 Å². The minimum absolute atomic E-state index is 0.205. The number of hydrogen-bond donors (Lipinski definition) is 2. The zero-order chi connectivity index (χ0) is 23.0. The Balaban J connectivity index is 2.22. The average Bonchev–Trinajstić information content (AvgIpc) is 2.71. The van der Waals surface area contributed by atoms with E-state index < -0.39 is 22.5 Å². The van der Waals surface area contributed by atoms with Crippen LogP contribution in [0.5, 0.6) is 0 Å². The second-order valence-electron chi connectivity index (χ2n) is 7.08. The Labute approximate surface area is 182 Å². The molecule has 0 unspecified atom stereocenters. The van der Waals surface area contributed by atoms with Crippen LogP contribution >= 0.6 is 0 Å². The molecule has 2 N–H and O–H groups in total. The highest BCUT2D eigenvalue weighted by molar-refractivity contribution is 7.92. The molecule has 166 valence electrons. The molecule has 0 fully saturated rings. The van der Waals surface area contributed by atoms with Crippen molar-refractivity contribution < 1.29 is 22.8 Å². The number of unbranched alkanes of at least 4 members (excludes halogenated alkanes) is 1. The number of nitrogens with zero attached hydrogens (tertiary/aromatic N) is 1. The lowest BCUT2D eigenvalue weighted by atomic mass is 10.1. The Hall–Kier alpha value is -3.20. The van der Waals surface area contributed by atoms with Gasteiger partial charge in [0.25, 0.3) is 5.91 Å². The molecule has 0 spiro atoms. The van der Waals surface area contributed by atoms with E-state index in [0.717, 1.165) is 23.4 Å². The molecule has 8 nitrogen and oxygen atoms in total. The summed E-state index contributed by atoms with van der Waals surface area (Å²) in [4.78, 5) is 36.8. The predicted molar refractivity (Wildman–Crippen MR) is 121 cm³/mol. The maximum absolute atomic E-state index is 12.7. The third kappa shape index (κ3) is 6.92. The van der Waals surface area contributed by atoms with Crippen LogP contribution in [0, 0.1) is 0 Å². The van der Waals surface area contributed by atoms with Gasteiger partial charge in [0, 0.05) is 12.1 Å². The number of anilines is 2. The number of rotatable bonds is 10. The van der Waals surface area contributed by atoms with Gasteiger partial charge in [0.1, 0.15) is 6.54 Å². The van der Waals surface area contributed by atoms with E-state index in [4.69, 9.17) is 0 Å². The number of benzene rings is 2. The van der Waals surface area contributed by atoms with E-state index in [1.165, 1.54) is 19.1 Å². The van der Waals surface area contributed by atoms with Gasteiger partial charge in [-0.2, -0.15) is 0 Å². The van der Waals surface area contributed by atoms with E-state index in [1.54, 1.807) is 36.4 Å². The zero-order valence-electron chi connectivity index (χ0n) is 17.8. The topological polar surface area (TPSA) is 113 Å². The first-order valence-corrected chi connectivity index (χ1v) is 11.7. The molecule has 2 amide bonds. The van der Waals surface area contributed by atoms with Gasteiger partial charge in [0.05, 0.1) is 23.2 Å². The molecule has 0 saturated carbocycles. The van der Waals surface area contributed by atoms with E-state index in [0.29, 0.717) is 12.1 Å². The van der Waals surface area contributed by atoms with Gasteiger partial charge in [0.2, 0.25) is 15.9 Å². The molecule has 0 radical (unpaired) electrons. The molecule has 0 aliphatic heterocycles. The minimum atomic E-state index is -3.81. The summed E-state index contributed by atoms with van der Waals surface area (Å²) in [5.74, 6) is -1.16. The number of para-hydroxylation sites is 1. The lowest BCUT2D eigenvalue weighted by Gasteiger charge is -2.22. The van der Waals surface area contributed by atoms with Gasteiger partial charge in [-0.05, 0) is 37.6 Å². The lowest BCUT2D eigenvalue weighted by molar-refractivity contribution is -0.114. The summed E-state index contributed by atoms with van der Waals surface area (Å²) >= 11 is 0. The number of hydrogen-bond acceptors (Lipinski definition) is 5. The number of carbonyl (C=O) groups is 3. The van der Waals surface area contributed by atoms with Gasteiger partial charge in [-0.25, -0.2) is 8.42 Å². The summed E-state index contributed by atoms with van der Waals surface area (Å²) in [6, 6.07) is 12.6. The standard InChI is InChI=1S/C22H27N3O5S/c1-4-5-13-23-22(28)19-11-6-7-12-20(19)24-21(27)15-25(31(3,29)30)18-10-8-9-17(14-18)16(2)26/h6-12,14H,4-5,13,15H2,1-3H3,(H,23,28)(H,24,27). The maximum atomic E-state index is 12.7. The van der Waals surface area contributed by atoms with Crippen LogP contribution < -0.4 is 14.9 Å².